The Morgan fingerprint density at radius 2 is 1.42 bits per heavy atom. The van der Waals surface area contributed by atoms with Gasteiger partial charge >= 0.3 is 0 Å². The summed E-state index contributed by atoms with van der Waals surface area (Å²) in [6.45, 7) is 3.65. The van der Waals surface area contributed by atoms with Crippen molar-refractivity contribution in [2.45, 2.75) is 13.8 Å². The Labute approximate surface area is 155 Å². The van der Waals surface area contributed by atoms with E-state index in [9.17, 15) is 9.59 Å². The number of rotatable bonds is 4. The quantitative estimate of drug-likeness (QED) is 0.645. The van der Waals surface area contributed by atoms with E-state index in [2.05, 4.69) is 20.8 Å². The van der Waals surface area contributed by atoms with Gasteiger partial charge in [0.1, 0.15) is 0 Å². The number of hydrogen-bond acceptors (Lipinski definition) is 3. The third-order valence-corrected chi connectivity index (χ3v) is 4.13. The van der Waals surface area contributed by atoms with Crippen LogP contribution >= 0.6 is 11.6 Å². The maximum Gasteiger partial charge on any atom is 0.255 e. The number of aryl methyl sites for hydroxylation is 2. The standard InChI is InChI=1S/C19H17ClN4O2/c1-11-17(12(2)24-23-11)22-19(26)14-5-9-16(10-6-14)21-18(25)13-3-7-15(20)8-4-13/h3-10H,1-2H3,(H,21,25)(H,22,26)(H,23,24). The monoisotopic (exact) mass is 368 g/mol. The highest BCUT2D eigenvalue weighted by Crippen LogP contribution is 2.18. The molecule has 0 aliphatic heterocycles. The highest BCUT2D eigenvalue weighted by atomic mass is 35.5. The van der Waals surface area contributed by atoms with Crippen LogP contribution in [-0.4, -0.2) is 22.0 Å². The molecule has 0 saturated heterocycles. The number of carbonyl (C=O) groups is 2. The molecular formula is C19H17ClN4O2. The zero-order valence-electron chi connectivity index (χ0n) is 14.3. The van der Waals surface area contributed by atoms with Gasteiger partial charge in [-0.2, -0.15) is 5.10 Å². The molecule has 132 valence electrons. The summed E-state index contributed by atoms with van der Waals surface area (Å²) in [6, 6.07) is 13.3. The lowest BCUT2D eigenvalue weighted by Crippen LogP contribution is -2.14. The van der Waals surface area contributed by atoms with Crippen molar-refractivity contribution in [1.29, 1.82) is 0 Å². The highest BCUT2D eigenvalue weighted by Gasteiger charge is 2.12. The van der Waals surface area contributed by atoms with E-state index < -0.39 is 0 Å². The van der Waals surface area contributed by atoms with Gasteiger partial charge in [-0.15, -0.1) is 0 Å². The van der Waals surface area contributed by atoms with Gasteiger partial charge in [-0.3, -0.25) is 14.7 Å². The van der Waals surface area contributed by atoms with Crippen LogP contribution in [0.5, 0.6) is 0 Å². The van der Waals surface area contributed by atoms with Crippen LogP contribution in [0.15, 0.2) is 48.5 Å². The Morgan fingerprint density at radius 3 is 1.96 bits per heavy atom. The number of amides is 2. The van der Waals surface area contributed by atoms with Crippen molar-refractivity contribution in [3.63, 3.8) is 0 Å². The molecule has 0 bridgehead atoms. The molecule has 2 amide bonds. The third kappa shape index (κ3) is 3.92. The summed E-state index contributed by atoms with van der Waals surface area (Å²) < 4.78 is 0. The number of aromatic nitrogens is 2. The van der Waals surface area contributed by atoms with Crippen LogP contribution in [0, 0.1) is 13.8 Å². The minimum Gasteiger partial charge on any atom is -0.322 e. The van der Waals surface area contributed by atoms with Crippen LogP contribution in [0.3, 0.4) is 0 Å². The molecule has 3 N–H and O–H groups in total. The summed E-state index contributed by atoms with van der Waals surface area (Å²) in [4.78, 5) is 24.5. The van der Waals surface area contributed by atoms with E-state index in [-0.39, 0.29) is 11.8 Å². The van der Waals surface area contributed by atoms with Gasteiger partial charge in [0.05, 0.1) is 17.1 Å². The molecule has 0 unspecified atom stereocenters. The van der Waals surface area contributed by atoms with Crippen molar-refractivity contribution in [2.75, 3.05) is 10.6 Å². The van der Waals surface area contributed by atoms with Crippen LogP contribution in [-0.2, 0) is 0 Å². The average Bonchev–Trinajstić information content (AvgIpc) is 2.94. The van der Waals surface area contributed by atoms with Gasteiger partial charge in [0.2, 0.25) is 0 Å². The van der Waals surface area contributed by atoms with Gasteiger partial charge in [-0.05, 0) is 62.4 Å². The Kier molecular flexibility index (Phi) is 5.04. The first kappa shape index (κ1) is 17.7. The first-order chi connectivity index (χ1) is 12.4. The smallest absolute Gasteiger partial charge is 0.255 e. The number of H-pyrrole nitrogens is 1. The van der Waals surface area contributed by atoms with Crippen LogP contribution in [0.25, 0.3) is 0 Å². The predicted octanol–water partition coefficient (Wildman–Crippen LogP) is 4.18. The van der Waals surface area contributed by atoms with Crippen LogP contribution in [0.1, 0.15) is 32.1 Å². The molecule has 2 aromatic carbocycles. The molecule has 0 saturated carbocycles. The van der Waals surface area contributed by atoms with Crippen molar-refractivity contribution < 1.29 is 9.59 Å². The number of anilines is 2. The lowest BCUT2D eigenvalue weighted by atomic mass is 10.1. The molecule has 0 spiro atoms. The van der Waals surface area contributed by atoms with E-state index in [0.717, 1.165) is 11.4 Å². The van der Waals surface area contributed by atoms with Crippen molar-refractivity contribution in [1.82, 2.24) is 10.2 Å². The minimum atomic E-state index is -0.247. The maximum absolute atomic E-state index is 12.4. The fourth-order valence-corrected chi connectivity index (χ4v) is 2.56. The minimum absolute atomic E-state index is 0.242. The SMILES string of the molecule is Cc1n[nH]c(C)c1NC(=O)c1ccc(NC(=O)c2ccc(Cl)cc2)cc1. The lowest BCUT2D eigenvalue weighted by molar-refractivity contribution is 0.102. The molecule has 0 radical (unpaired) electrons. The fraction of sp³-hybridized carbons (Fsp3) is 0.105. The molecule has 0 aliphatic carbocycles. The molecule has 3 aromatic rings. The van der Waals surface area contributed by atoms with Gasteiger partial charge in [-0.25, -0.2) is 0 Å². The van der Waals surface area contributed by atoms with Crippen molar-refractivity contribution in [3.8, 4) is 0 Å². The van der Waals surface area contributed by atoms with Crippen molar-refractivity contribution in [3.05, 3.63) is 76.1 Å². The Hall–Kier alpha value is -3.12. The maximum atomic E-state index is 12.4. The molecule has 0 aliphatic rings. The summed E-state index contributed by atoms with van der Waals surface area (Å²) in [5, 5.41) is 13.1. The number of aromatic amines is 1. The number of benzene rings is 2. The lowest BCUT2D eigenvalue weighted by Gasteiger charge is -2.08. The van der Waals surface area contributed by atoms with E-state index >= 15 is 0 Å². The number of halogens is 1. The summed E-state index contributed by atoms with van der Waals surface area (Å²) in [6.07, 6.45) is 0. The first-order valence-corrected chi connectivity index (χ1v) is 8.32. The Morgan fingerprint density at radius 1 is 0.885 bits per heavy atom. The van der Waals surface area contributed by atoms with Crippen molar-refractivity contribution in [2.24, 2.45) is 0 Å². The van der Waals surface area contributed by atoms with Crippen LogP contribution in [0.4, 0.5) is 11.4 Å². The summed E-state index contributed by atoms with van der Waals surface area (Å²) in [7, 11) is 0. The molecule has 1 heterocycles. The average molecular weight is 369 g/mol. The topological polar surface area (TPSA) is 86.9 Å². The Bertz CT molecular complexity index is 927. The molecule has 6 nitrogen and oxygen atoms in total. The molecule has 0 fully saturated rings. The van der Waals surface area contributed by atoms with Crippen molar-refractivity contribution >= 4 is 34.8 Å². The number of carbonyl (C=O) groups excluding carboxylic acids is 2. The largest absolute Gasteiger partial charge is 0.322 e. The predicted molar refractivity (Wildman–Crippen MR) is 102 cm³/mol. The normalized spacial score (nSPS) is 10.4. The van der Waals surface area contributed by atoms with Gasteiger partial charge < -0.3 is 10.6 Å². The molecule has 0 atom stereocenters. The van der Waals surface area contributed by atoms with Gasteiger partial charge in [0, 0.05) is 21.8 Å². The van der Waals surface area contributed by atoms with Crippen LogP contribution in [0.2, 0.25) is 5.02 Å². The second-order valence-corrected chi connectivity index (χ2v) is 6.24. The van der Waals surface area contributed by atoms with E-state index in [1.54, 1.807) is 48.5 Å². The zero-order chi connectivity index (χ0) is 18.7. The summed E-state index contributed by atoms with van der Waals surface area (Å²) in [5.74, 6) is -0.489. The van der Waals surface area contributed by atoms with Gasteiger partial charge in [0.15, 0.2) is 0 Å². The van der Waals surface area contributed by atoms with E-state index in [1.165, 1.54) is 0 Å². The van der Waals surface area contributed by atoms with Crippen LogP contribution < -0.4 is 10.6 Å². The van der Waals surface area contributed by atoms with E-state index in [4.69, 9.17) is 11.6 Å². The number of hydrogen-bond donors (Lipinski definition) is 3. The number of nitrogens with zero attached hydrogens (tertiary/aromatic N) is 1. The molecule has 3 rings (SSSR count). The first-order valence-electron chi connectivity index (χ1n) is 7.94. The molecule has 1 aromatic heterocycles. The highest BCUT2D eigenvalue weighted by molar-refractivity contribution is 6.30. The van der Waals surface area contributed by atoms with Gasteiger partial charge in [-0.1, -0.05) is 11.6 Å². The zero-order valence-corrected chi connectivity index (χ0v) is 15.0. The second kappa shape index (κ2) is 7.41. The van der Waals surface area contributed by atoms with E-state index in [1.807, 2.05) is 13.8 Å². The summed E-state index contributed by atoms with van der Waals surface area (Å²) >= 11 is 5.82. The molecule has 7 heteroatoms. The second-order valence-electron chi connectivity index (χ2n) is 5.80. The summed E-state index contributed by atoms with van der Waals surface area (Å²) in [5.41, 5.74) is 3.77. The molecular weight excluding hydrogens is 352 g/mol. The van der Waals surface area contributed by atoms with Gasteiger partial charge in [0.25, 0.3) is 11.8 Å². The third-order valence-electron chi connectivity index (χ3n) is 3.88. The molecule has 26 heavy (non-hydrogen) atoms. The fourth-order valence-electron chi connectivity index (χ4n) is 2.43. The Balaban J connectivity index is 1.67. The van der Waals surface area contributed by atoms with E-state index in [0.29, 0.717) is 27.5 Å². The number of nitrogens with one attached hydrogen (secondary N) is 3.